The van der Waals surface area contributed by atoms with Crippen molar-refractivity contribution in [3.63, 3.8) is 0 Å². The topological polar surface area (TPSA) is 71.0 Å². The van der Waals surface area contributed by atoms with E-state index in [0.29, 0.717) is 24.8 Å². The van der Waals surface area contributed by atoms with Gasteiger partial charge in [0.25, 0.3) is 5.91 Å². The van der Waals surface area contributed by atoms with Crippen molar-refractivity contribution in [2.75, 3.05) is 26.2 Å². The second kappa shape index (κ2) is 16.0. The van der Waals surface area contributed by atoms with Crippen LogP contribution >= 0.6 is 24.8 Å². The third-order valence-corrected chi connectivity index (χ3v) is 5.84. The summed E-state index contributed by atoms with van der Waals surface area (Å²) in [5, 5.41) is 14.4. The molecule has 3 N–H and O–H groups in total. The van der Waals surface area contributed by atoms with Gasteiger partial charge in [0.2, 0.25) is 0 Å². The SMILES string of the molecule is Cc1cc(C(=O)NCCCCNCCNC2CCCCC2)nn1Cc1cccc(F)c1.Cl.Cl. The fraction of sp³-hybridized carbons (Fsp3) is 0.583. The first-order valence-electron chi connectivity index (χ1n) is 11.6. The van der Waals surface area contributed by atoms with Crippen LogP contribution in [0, 0.1) is 12.7 Å². The summed E-state index contributed by atoms with van der Waals surface area (Å²) in [4.78, 5) is 12.4. The van der Waals surface area contributed by atoms with Gasteiger partial charge in [0, 0.05) is 31.4 Å². The predicted octanol–water partition coefficient (Wildman–Crippen LogP) is 4.24. The van der Waals surface area contributed by atoms with Crippen LogP contribution in [0.5, 0.6) is 0 Å². The highest BCUT2D eigenvalue weighted by Crippen LogP contribution is 2.16. The van der Waals surface area contributed by atoms with Crippen molar-refractivity contribution in [3.8, 4) is 0 Å². The minimum Gasteiger partial charge on any atom is -0.351 e. The summed E-state index contributed by atoms with van der Waals surface area (Å²) >= 11 is 0. The van der Waals surface area contributed by atoms with Crippen molar-refractivity contribution < 1.29 is 9.18 Å². The Morgan fingerprint density at radius 1 is 1.06 bits per heavy atom. The van der Waals surface area contributed by atoms with Crippen molar-refractivity contribution in [1.82, 2.24) is 25.7 Å². The first kappa shape index (κ1) is 29.4. The quantitative estimate of drug-likeness (QED) is 0.380. The van der Waals surface area contributed by atoms with Gasteiger partial charge in [0.1, 0.15) is 11.5 Å². The van der Waals surface area contributed by atoms with Crippen LogP contribution in [0.4, 0.5) is 4.39 Å². The lowest BCUT2D eigenvalue weighted by atomic mass is 9.95. The van der Waals surface area contributed by atoms with Crippen molar-refractivity contribution in [2.45, 2.75) is 64.5 Å². The van der Waals surface area contributed by atoms with Crippen LogP contribution in [-0.4, -0.2) is 47.9 Å². The summed E-state index contributed by atoms with van der Waals surface area (Å²) in [5.41, 5.74) is 2.10. The van der Waals surface area contributed by atoms with Crippen LogP contribution < -0.4 is 16.0 Å². The number of nitrogens with one attached hydrogen (secondary N) is 3. The molecule has 9 heteroatoms. The molecule has 3 rings (SSSR count). The number of carbonyl (C=O) groups excluding carboxylic acids is 1. The fourth-order valence-electron chi connectivity index (χ4n) is 4.05. The number of carbonyl (C=O) groups is 1. The van der Waals surface area contributed by atoms with Gasteiger partial charge in [0.15, 0.2) is 0 Å². The molecule has 1 aromatic heterocycles. The highest BCUT2D eigenvalue weighted by Gasteiger charge is 2.13. The molecule has 0 saturated heterocycles. The van der Waals surface area contributed by atoms with Crippen molar-refractivity contribution in [1.29, 1.82) is 0 Å². The van der Waals surface area contributed by atoms with E-state index in [1.165, 1.54) is 44.2 Å². The first-order valence-corrected chi connectivity index (χ1v) is 11.6. The molecule has 1 saturated carbocycles. The fourth-order valence-corrected chi connectivity index (χ4v) is 4.05. The van der Waals surface area contributed by atoms with Gasteiger partial charge in [-0.05, 0) is 62.9 Å². The third kappa shape index (κ3) is 10.4. The number of aryl methyl sites for hydroxylation is 1. The van der Waals surface area contributed by atoms with Crippen LogP contribution in [0.2, 0.25) is 0 Å². The van der Waals surface area contributed by atoms with Gasteiger partial charge in [-0.15, -0.1) is 24.8 Å². The normalized spacial score (nSPS) is 13.8. The molecule has 1 aliphatic carbocycles. The van der Waals surface area contributed by atoms with E-state index in [0.717, 1.165) is 43.7 Å². The second-order valence-corrected chi connectivity index (χ2v) is 8.46. The Bertz CT molecular complexity index is 827. The van der Waals surface area contributed by atoms with E-state index in [2.05, 4.69) is 21.0 Å². The monoisotopic (exact) mass is 501 g/mol. The van der Waals surface area contributed by atoms with E-state index in [9.17, 15) is 9.18 Å². The maximum absolute atomic E-state index is 13.4. The number of amides is 1. The Kier molecular flexibility index (Phi) is 14.3. The van der Waals surface area contributed by atoms with E-state index < -0.39 is 0 Å². The molecule has 1 fully saturated rings. The highest BCUT2D eigenvalue weighted by molar-refractivity contribution is 5.92. The zero-order valence-electron chi connectivity index (χ0n) is 19.4. The summed E-state index contributed by atoms with van der Waals surface area (Å²) in [6.07, 6.45) is 8.72. The number of aromatic nitrogens is 2. The van der Waals surface area contributed by atoms with Gasteiger partial charge in [-0.2, -0.15) is 5.10 Å². The number of nitrogens with zero attached hydrogens (tertiary/aromatic N) is 2. The van der Waals surface area contributed by atoms with E-state index in [-0.39, 0.29) is 36.5 Å². The minimum atomic E-state index is -0.268. The van der Waals surface area contributed by atoms with E-state index in [4.69, 9.17) is 0 Å². The maximum atomic E-state index is 13.4. The van der Waals surface area contributed by atoms with Crippen molar-refractivity contribution >= 4 is 30.7 Å². The number of halogens is 3. The second-order valence-electron chi connectivity index (χ2n) is 8.46. The molecule has 0 spiro atoms. The molecule has 1 aliphatic rings. The molecule has 0 atom stereocenters. The lowest BCUT2D eigenvalue weighted by molar-refractivity contribution is 0.0947. The van der Waals surface area contributed by atoms with Crippen molar-refractivity contribution in [3.05, 3.63) is 53.1 Å². The van der Waals surface area contributed by atoms with E-state index in [1.807, 2.05) is 13.0 Å². The van der Waals surface area contributed by atoms with Gasteiger partial charge in [-0.25, -0.2) is 4.39 Å². The molecule has 1 amide bonds. The van der Waals surface area contributed by atoms with Gasteiger partial charge in [0.05, 0.1) is 6.54 Å². The molecule has 1 aromatic carbocycles. The molecular formula is C24H38Cl2FN5O. The Balaban J connectivity index is 0.00000272. The Hall–Kier alpha value is -1.67. The predicted molar refractivity (Wildman–Crippen MR) is 136 cm³/mol. The molecule has 0 unspecified atom stereocenters. The van der Waals surface area contributed by atoms with Gasteiger partial charge in [-0.1, -0.05) is 31.4 Å². The van der Waals surface area contributed by atoms with Crippen LogP contribution in [0.3, 0.4) is 0 Å². The van der Waals surface area contributed by atoms with Crippen molar-refractivity contribution in [2.24, 2.45) is 0 Å². The molecule has 186 valence electrons. The summed E-state index contributed by atoms with van der Waals surface area (Å²) in [5.74, 6) is -0.430. The molecular weight excluding hydrogens is 464 g/mol. The third-order valence-electron chi connectivity index (χ3n) is 5.84. The number of benzene rings is 1. The van der Waals surface area contributed by atoms with E-state index >= 15 is 0 Å². The molecule has 2 aromatic rings. The van der Waals surface area contributed by atoms with Gasteiger partial charge < -0.3 is 16.0 Å². The number of rotatable bonds is 12. The largest absolute Gasteiger partial charge is 0.351 e. The van der Waals surface area contributed by atoms with E-state index in [1.54, 1.807) is 16.8 Å². The zero-order valence-corrected chi connectivity index (χ0v) is 21.1. The average molecular weight is 503 g/mol. The average Bonchev–Trinajstić information content (AvgIpc) is 3.13. The van der Waals surface area contributed by atoms with Crippen LogP contribution in [0.15, 0.2) is 30.3 Å². The molecule has 33 heavy (non-hydrogen) atoms. The number of hydrogen-bond donors (Lipinski definition) is 3. The van der Waals surface area contributed by atoms with Crippen LogP contribution in [0.25, 0.3) is 0 Å². The first-order chi connectivity index (χ1) is 15.1. The summed E-state index contributed by atoms with van der Waals surface area (Å²) in [7, 11) is 0. The van der Waals surface area contributed by atoms with Gasteiger partial charge >= 0.3 is 0 Å². The maximum Gasteiger partial charge on any atom is 0.271 e. The molecule has 0 bridgehead atoms. The summed E-state index contributed by atoms with van der Waals surface area (Å²) in [6.45, 7) is 5.96. The molecule has 0 radical (unpaired) electrons. The standard InChI is InChI=1S/C24H36FN5O.2ClH/c1-19-16-23(29-30(19)18-20-8-7-9-21(25)17-20)24(31)28-13-6-5-12-26-14-15-27-22-10-3-2-4-11-22;;/h7-9,16-17,22,26-27H,2-6,10-15,18H2,1H3,(H,28,31);2*1H. The molecule has 0 aliphatic heterocycles. The zero-order chi connectivity index (χ0) is 21.9. The lowest BCUT2D eigenvalue weighted by Crippen LogP contribution is -2.36. The van der Waals surface area contributed by atoms with Crippen LogP contribution in [0.1, 0.15) is 66.7 Å². The number of hydrogen-bond acceptors (Lipinski definition) is 4. The summed E-state index contributed by atoms with van der Waals surface area (Å²) < 4.78 is 15.1. The smallest absolute Gasteiger partial charge is 0.271 e. The van der Waals surface area contributed by atoms with Gasteiger partial charge in [-0.3, -0.25) is 9.48 Å². The Labute approximate surface area is 209 Å². The minimum absolute atomic E-state index is 0. The molecule has 1 heterocycles. The molecule has 6 nitrogen and oxygen atoms in total. The number of unbranched alkanes of at least 4 members (excludes halogenated alkanes) is 1. The Morgan fingerprint density at radius 3 is 2.58 bits per heavy atom. The lowest BCUT2D eigenvalue weighted by Gasteiger charge is -2.22. The highest BCUT2D eigenvalue weighted by atomic mass is 35.5. The Morgan fingerprint density at radius 2 is 1.82 bits per heavy atom. The summed E-state index contributed by atoms with van der Waals surface area (Å²) in [6, 6.07) is 8.92. The van der Waals surface area contributed by atoms with Crippen LogP contribution in [-0.2, 0) is 6.54 Å².